The van der Waals surface area contributed by atoms with Gasteiger partial charge in [-0.15, -0.1) is 0 Å². The molecule has 3 heterocycles. The number of nitrogens with one attached hydrogen (secondary N) is 2. The summed E-state index contributed by atoms with van der Waals surface area (Å²) in [4.78, 5) is 11.9. The van der Waals surface area contributed by atoms with Crippen molar-refractivity contribution in [3.8, 4) is 22.6 Å². The largest absolute Gasteiger partial charge is 0.504 e. The first-order valence-corrected chi connectivity index (χ1v) is 8.23. The Bertz CT molecular complexity index is 1040. The lowest BCUT2D eigenvalue weighted by Gasteiger charge is -2.11. The maximum absolute atomic E-state index is 9.86. The minimum Gasteiger partial charge on any atom is -0.504 e. The van der Waals surface area contributed by atoms with Crippen molar-refractivity contribution >= 4 is 16.9 Å². The molecule has 0 spiro atoms. The third-order valence-corrected chi connectivity index (χ3v) is 4.22. The van der Waals surface area contributed by atoms with E-state index >= 15 is 0 Å². The summed E-state index contributed by atoms with van der Waals surface area (Å²) in [5, 5.41) is 14.2. The van der Waals surface area contributed by atoms with Crippen molar-refractivity contribution in [2.24, 2.45) is 0 Å². The van der Waals surface area contributed by atoms with E-state index in [0.717, 1.165) is 33.5 Å². The van der Waals surface area contributed by atoms with Crippen LogP contribution < -0.4 is 10.1 Å². The van der Waals surface area contributed by atoms with Crippen molar-refractivity contribution in [2.75, 3.05) is 12.4 Å². The van der Waals surface area contributed by atoms with Crippen molar-refractivity contribution < 1.29 is 9.84 Å². The number of nitrogens with zero attached hydrogens (tertiary/aromatic N) is 2. The van der Waals surface area contributed by atoms with E-state index in [1.807, 2.05) is 48.8 Å². The highest BCUT2D eigenvalue weighted by Gasteiger charge is 2.11. The number of rotatable bonds is 5. The van der Waals surface area contributed by atoms with Crippen LogP contribution in [0.5, 0.6) is 11.5 Å². The molecule has 0 aliphatic carbocycles. The summed E-state index contributed by atoms with van der Waals surface area (Å²) in [7, 11) is 1.54. The fourth-order valence-electron chi connectivity index (χ4n) is 2.91. The van der Waals surface area contributed by atoms with Crippen LogP contribution in [0, 0.1) is 0 Å². The van der Waals surface area contributed by atoms with Crippen LogP contribution >= 0.6 is 0 Å². The molecule has 0 saturated carbocycles. The van der Waals surface area contributed by atoms with E-state index in [2.05, 4.69) is 20.3 Å². The van der Waals surface area contributed by atoms with Crippen LogP contribution in [0.2, 0.25) is 0 Å². The lowest BCUT2D eigenvalue weighted by atomic mass is 10.0. The van der Waals surface area contributed by atoms with Gasteiger partial charge in [-0.1, -0.05) is 12.1 Å². The molecule has 0 atom stereocenters. The summed E-state index contributed by atoms with van der Waals surface area (Å²) >= 11 is 0. The molecule has 0 saturated heterocycles. The first-order chi connectivity index (χ1) is 12.7. The van der Waals surface area contributed by atoms with Crippen LogP contribution in [-0.4, -0.2) is 27.2 Å². The Balaban J connectivity index is 1.73. The third kappa shape index (κ3) is 3.04. The molecule has 0 amide bonds. The molecule has 4 rings (SSSR count). The molecule has 0 aliphatic rings. The zero-order valence-corrected chi connectivity index (χ0v) is 14.2. The first kappa shape index (κ1) is 16.0. The molecule has 4 aromatic rings. The molecule has 3 aromatic heterocycles. The van der Waals surface area contributed by atoms with E-state index in [1.54, 1.807) is 12.3 Å². The number of hydrogen-bond donors (Lipinski definition) is 3. The minimum atomic E-state index is 0.116. The van der Waals surface area contributed by atoms with E-state index < -0.39 is 0 Å². The van der Waals surface area contributed by atoms with E-state index in [4.69, 9.17) is 4.74 Å². The molecule has 6 heteroatoms. The number of benzene rings is 1. The number of phenolic OH excluding ortho intramolecular Hbond substituents is 1. The van der Waals surface area contributed by atoms with Crippen molar-refractivity contribution in [1.82, 2.24) is 15.0 Å². The van der Waals surface area contributed by atoms with Gasteiger partial charge in [0.1, 0.15) is 11.5 Å². The molecule has 0 aliphatic heterocycles. The number of methoxy groups -OCH3 is 1. The highest BCUT2D eigenvalue weighted by atomic mass is 16.5. The molecule has 0 fully saturated rings. The molecule has 6 nitrogen and oxygen atoms in total. The van der Waals surface area contributed by atoms with Crippen LogP contribution in [0.15, 0.2) is 61.1 Å². The predicted octanol–water partition coefficient (Wildman–Crippen LogP) is 3.95. The number of hydrogen-bond acceptors (Lipinski definition) is 5. The summed E-state index contributed by atoms with van der Waals surface area (Å²) in [6, 6.07) is 13.2. The normalized spacial score (nSPS) is 10.8. The lowest BCUT2D eigenvalue weighted by molar-refractivity contribution is 0.373. The number of aromatic nitrogens is 3. The van der Waals surface area contributed by atoms with Crippen molar-refractivity contribution in [2.45, 2.75) is 6.54 Å². The SMILES string of the molecule is COc1cc(-c2cc(NCc3cccnc3)nc3[nH]ccc23)ccc1O. The van der Waals surface area contributed by atoms with Gasteiger partial charge in [0.25, 0.3) is 0 Å². The number of aromatic hydroxyl groups is 1. The van der Waals surface area contributed by atoms with Crippen LogP contribution in [0.25, 0.3) is 22.2 Å². The highest BCUT2D eigenvalue weighted by Crippen LogP contribution is 2.35. The zero-order valence-electron chi connectivity index (χ0n) is 14.2. The highest BCUT2D eigenvalue weighted by molar-refractivity contribution is 5.95. The van der Waals surface area contributed by atoms with Gasteiger partial charge in [-0.05, 0) is 47.0 Å². The van der Waals surface area contributed by atoms with E-state index in [0.29, 0.717) is 12.3 Å². The second kappa shape index (κ2) is 6.76. The van der Waals surface area contributed by atoms with E-state index in [1.165, 1.54) is 7.11 Å². The van der Waals surface area contributed by atoms with Gasteiger partial charge in [0, 0.05) is 30.5 Å². The predicted molar refractivity (Wildman–Crippen MR) is 101 cm³/mol. The molecule has 0 bridgehead atoms. The molecule has 1 aromatic carbocycles. The van der Waals surface area contributed by atoms with Crippen molar-refractivity contribution in [3.05, 3.63) is 66.6 Å². The lowest BCUT2D eigenvalue weighted by Crippen LogP contribution is -2.02. The second-order valence-corrected chi connectivity index (χ2v) is 5.90. The summed E-state index contributed by atoms with van der Waals surface area (Å²) in [5.41, 5.74) is 3.82. The van der Waals surface area contributed by atoms with Gasteiger partial charge in [0.15, 0.2) is 11.5 Å². The number of H-pyrrole nitrogens is 1. The Morgan fingerprint density at radius 2 is 2.12 bits per heavy atom. The second-order valence-electron chi connectivity index (χ2n) is 5.90. The monoisotopic (exact) mass is 346 g/mol. The number of pyridine rings is 2. The number of anilines is 1. The Morgan fingerprint density at radius 3 is 2.92 bits per heavy atom. The Hall–Kier alpha value is -3.54. The van der Waals surface area contributed by atoms with Gasteiger partial charge in [-0.25, -0.2) is 4.98 Å². The Morgan fingerprint density at radius 1 is 1.19 bits per heavy atom. The minimum absolute atomic E-state index is 0.116. The summed E-state index contributed by atoms with van der Waals surface area (Å²) in [5.74, 6) is 1.31. The quantitative estimate of drug-likeness (QED) is 0.510. The van der Waals surface area contributed by atoms with Gasteiger partial charge in [0.2, 0.25) is 0 Å². The zero-order chi connectivity index (χ0) is 17.9. The molecule has 3 N–H and O–H groups in total. The summed E-state index contributed by atoms with van der Waals surface area (Å²) < 4.78 is 5.24. The maximum atomic E-state index is 9.86. The molecule has 26 heavy (non-hydrogen) atoms. The van der Waals surface area contributed by atoms with Crippen molar-refractivity contribution in [1.29, 1.82) is 0 Å². The van der Waals surface area contributed by atoms with E-state index in [-0.39, 0.29) is 5.75 Å². The van der Waals surface area contributed by atoms with Gasteiger partial charge in [-0.2, -0.15) is 0 Å². The van der Waals surface area contributed by atoms with Crippen LogP contribution in [0.3, 0.4) is 0 Å². The van der Waals surface area contributed by atoms with Gasteiger partial charge in [-0.3, -0.25) is 4.98 Å². The fourth-order valence-corrected chi connectivity index (χ4v) is 2.91. The number of ether oxygens (including phenoxy) is 1. The van der Waals surface area contributed by atoms with Gasteiger partial charge >= 0.3 is 0 Å². The molecule has 130 valence electrons. The third-order valence-electron chi connectivity index (χ3n) is 4.22. The smallest absolute Gasteiger partial charge is 0.161 e. The fraction of sp³-hybridized carbons (Fsp3) is 0.100. The number of phenols is 1. The van der Waals surface area contributed by atoms with Crippen LogP contribution in [0.4, 0.5) is 5.82 Å². The molecular formula is C20H18N4O2. The molecule has 0 unspecified atom stereocenters. The average Bonchev–Trinajstić information content (AvgIpc) is 3.15. The van der Waals surface area contributed by atoms with Gasteiger partial charge < -0.3 is 20.1 Å². The van der Waals surface area contributed by atoms with Crippen LogP contribution in [-0.2, 0) is 6.54 Å². The first-order valence-electron chi connectivity index (χ1n) is 8.23. The van der Waals surface area contributed by atoms with E-state index in [9.17, 15) is 5.11 Å². The summed E-state index contributed by atoms with van der Waals surface area (Å²) in [6.45, 7) is 0.630. The van der Waals surface area contributed by atoms with Gasteiger partial charge in [0.05, 0.1) is 7.11 Å². The molecule has 0 radical (unpaired) electrons. The topological polar surface area (TPSA) is 83.1 Å². The average molecular weight is 346 g/mol. The number of fused-ring (bicyclic) bond motifs is 1. The maximum Gasteiger partial charge on any atom is 0.161 e. The Labute approximate surface area is 150 Å². The standard InChI is InChI=1S/C20H18N4O2/c1-26-18-9-14(4-5-17(18)25)16-10-19(24-20-15(16)6-8-22-20)23-12-13-3-2-7-21-11-13/h2-11,25H,12H2,1H3,(H2,22,23,24). The number of aromatic amines is 1. The Kier molecular flexibility index (Phi) is 4.15. The molecular weight excluding hydrogens is 328 g/mol. The van der Waals surface area contributed by atoms with Crippen molar-refractivity contribution in [3.63, 3.8) is 0 Å². The van der Waals surface area contributed by atoms with Crippen LogP contribution in [0.1, 0.15) is 5.56 Å². The summed E-state index contributed by atoms with van der Waals surface area (Å²) in [6.07, 6.45) is 5.44.